The molecule has 0 amide bonds. The Hall–Kier alpha value is -1.72. The number of rotatable bonds is 8. The van der Waals surface area contributed by atoms with Crippen molar-refractivity contribution in [3.05, 3.63) is 47.5 Å². The normalized spacial score (nSPS) is 23.2. The van der Waals surface area contributed by atoms with Crippen LogP contribution >= 0.6 is 0 Å². The van der Waals surface area contributed by atoms with E-state index in [1.807, 2.05) is 12.3 Å². The van der Waals surface area contributed by atoms with Gasteiger partial charge in [0, 0.05) is 56.2 Å². The molecule has 0 aromatic carbocycles. The van der Waals surface area contributed by atoms with Gasteiger partial charge in [-0.15, -0.1) is 0 Å². The standard InChI is InChI=1S/C21H28N4O/c1-2-8-22-20(3-1)13-24-11-18-9-23-25(10-16-4-5-16)21(18)19(12-24)15-26-14-17-6-7-17/h1-3,8-9,16-17,19H,4-7,10-15H2. The number of aromatic nitrogens is 3. The highest BCUT2D eigenvalue weighted by molar-refractivity contribution is 5.26. The molecule has 0 spiro atoms. The van der Waals surface area contributed by atoms with E-state index in [2.05, 4.69) is 32.9 Å². The molecule has 138 valence electrons. The largest absolute Gasteiger partial charge is 0.380 e. The van der Waals surface area contributed by atoms with Crippen LogP contribution in [0.25, 0.3) is 0 Å². The van der Waals surface area contributed by atoms with Crippen molar-refractivity contribution in [3.8, 4) is 0 Å². The first-order valence-electron chi connectivity index (χ1n) is 10.1. The molecule has 0 bridgehead atoms. The maximum atomic E-state index is 6.11. The molecule has 1 aliphatic heterocycles. The van der Waals surface area contributed by atoms with Gasteiger partial charge >= 0.3 is 0 Å². The van der Waals surface area contributed by atoms with Crippen LogP contribution in [0.5, 0.6) is 0 Å². The number of fused-ring (bicyclic) bond motifs is 1. The zero-order chi connectivity index (χ0) is 17.3. The Morgan fingerprint density at radius 3 is 2.73 bits per heavy atom. The molecule has 0 saturated heterocycles. The molecular formula is C21H28N4O. The van der Waals surface area contributed by atoms with Crippen LogP contribution in [0.15, 0.2) is 30.6 Å². The molecule has 1 atom stereocenters. The van der Waals surface area contributed by atoms with Crippen LogP contribution in [0.3, 0.4) is 0 Å². The Labute approximate surface area is 155 Å². The minimum Gasteiger partial charge on any atom is -0.380 e. The van der Waals surface area contributed by atoms with Crippen molar-refractivity contribution >= 4 is 0 Å². The van der Waals surface area contributed by atoms with Gasteiger partial charge in [-0.2, -0.15) is 5.10 Å². The second-order valence-electron chi connectivity index (χ2n) is 8.35. The lowest BCUT2D eigenvalue weighted by Crippen LogP contribution is -2.36. The molecule has 5 nitrogen and oxygen atoms in total. The Balaban J connectivity index is 1.32. The highest BCUT2D eigenvalue weighted by Gasteiger charge is 2.32. The molecule has 2 saturated carbocycles. The summed E-state index contributed by atoms with van der Waals surface area (Å²) in [6.07, 6.45) is 9.40. The summed E-state index contributed by atoms with van der Waals surface area (Å²) in [7, 11) is 0. The molecule has 2 aromatic rings. The molecular weight excluding hydrogens is 324 g/mol. The van der Waals surface area contributed by atoms with E-state index in [4.69, 9.17) is 9.84 Å². The fraction of sp³-hybridized carbons (Fsp3) is 0.619. The van der Waals surface area contributed by atoms with E-state index in [0.29, 0.717) is 5.92 Å². The third kappa shape index (κ3) is 3.84. The highest BCUT2D eigenvalue weighted by Crippen LogP contribution is 2.35. The zero-order valence-corrected chi connectivity index (χ0v) is 15.4. The Bertz CT molecular complexity index is 736. The van der Waals surface area contributed by atoms with E-state index >= 15 is 0 Å². The van der Waals surface area contributed by atoms with Gasteiger partial charge in [-0.05, 0) is 49.7 Å². The second kappa shape index (κ2) is 7.12. The molecule has 3 heterocycles. The van der Waals surface area contributed by atoms with Gasteiger partial charge in [0.2, 0.25) is 0 Å². The fourth-order valence-corrected chi connectivity index (χ4v) is 4.06. The van der Waals surface area contributed by atoms with E-state index in [1.165, 1.54) is 36.9 Å². The van der Waals surface area contributed by atoms with Crippen LogP contribution in [-0.2, 0) is 24.4 Å². The predicted molar refractivity (Wildman–Crippen MR) is 99.6 cm³/mol. The molecule has 0 radical (unpaired) electrons. The van der Waals surface area contributed by atoms with Crippen LogP contribution in [-0.4, -0.2) is 39.4 Å². The molecule has 1 unspecified atom stereocenters. The molecule has 0 N–H and O–H groups in total. The van der Waals surface area contributed by atoms with Crippen molar-refractivity contribution in [1.29, 1.82) is 0 Å². The summed E-state index contributed by atoms with van der Waals surface area (Å²) in [6.45, 7) is 5.74. The first-order valence-corrected chi connectivity index (χ1v) is 10.1. The van der Waals surface area contributed by atoms with Crippen molar-refractivity contribution in [2.24, 2.45) is 11.8 Å². The van der Waals surface area contributed by atoms with Gasteiger partial charge in [0.05, 0.1) is 18.5 Å². The van der Waals surface area contributed by atoms with Crippen molar-refractivity contribution in [2.75, 3.05) is 19.8 Å². The first-order chi connectivity index (χ1) is 12.8. The molecule has 2 fully saturated rings. The molecule has 26 heavy (non-hydrogen) atoms. The monoisotopic (exact) mass is 352 g/mol. The van der Waals surface area contributed by atoms with E-state index in [1.54, 1.807) is 0 Å². The number of ether oxygens (including phenoxy) is 1. The summed E-state index contributed by atoms with van der Waals surface area (Å²) in [4.78, 5) is 7.01. The number of hydrogen-bond donors (Lipinski definition) is 0. The molecule has 5 heteroatoms. The second-order valence-corrected chi connectivity index (χ2v) is 8.35. The Morgan fingerprint density at radius 1 is 1.08 bits per heavy atom. The Morgan fingerprint density at radius 2 is 1.96 bits per heavy atom. The summed E-state index contributed by atoms with van der Waals surface area (Å²) in [5, 5.41) is 4.74. The molecule has 2 aliphatic carbocycles. The van der Waals surface area contributed by atoms with Gasteiger partial charge in [-0.1, -0.05) is 6.07 Å². The lowest BCUT2D eigenvalue weighted by molar-refractivity contribution is 0.0862. The van der Waals surface area contributed by atoms with Gasteiger partial charge < -0.3 is 4.74 Å². The summed E-state index contributed by atoms with van der Waals surface area (Å²) in [5.74, 6) is 2.08. The topological polar surface area (TPSA) is 43.2 Å². The third-order valence-electron chi connectivity index (χ3n) is 5.83. The SMILES string of the molecule is c1ccc(CN2Cc3cnn(CC4CC4)c3C(COCC3CC3)C2)nc1. The van der Waals surface area contributed by atoms with E-state index in [-0.39, 0.29) is 0 Å². The van der Waals surface area contributed by atoms with Gasteiger partial charge in [-0.3, -0.25) is 14.6 Å². The average Bonchev–Trinajstić information content (AvgIpc) is 3.57. The van der Waals surface area contributed by atoms with Crippen LogP contribution in [0.2, 0.25) is 0 Å². The van der Waals surface area contributed by atoms with Crippen molar-refractivity contribution in [2.45, 2.75) is 51.2 Å². The third-order valence-corrected chi connectivity index (χ3v) is 5.83. The lowest BCUT2D eigenvalue weighted by atomic mass is 9.96. The lowest BCUT2D eigenvalue weighted by Gasteiger charge is -2.33. The van der Waals surface area contributed by atoms with Gasteiger partial charge in [0.15, 0.2) is 0 Å². The van der Waals surface area contributed by atoms with Gasteiger partial charge in [-0.25, -0.2) is 0 Å². The highest BCUT2D eigenvalue weighted by atomic mass is 16.5. The summed E-state index contributed by atoms with van der Waals surface area (Å²) < 4.78 is 8.40. The quantitative estimate of drug-likeness (QED) is 0.732. The van der Waals surface area contributed by atoms with Crippen molar-refractivity contribution in [3.63, 3.8) is 0 Å². The summed E-state index contributed by atoms with van der Waals surface area (Å²) in [5.41, 5.74) is 3.96. The average molecular weight is 352 g/mol. The van der Waals surface area contributed by atoms with Gasteiger partial charge in [0.25, 0.3) is 0 Å². The minimum atomic E-state index is 0.419. The maximum absolute atomic E-state index is 6.11. The molecule has 2 aromatic heterocycles. The number of pyridine rings is 1. The maximum Gasteiger partial charge on any atom is 0.0562 e. The zero-order valence-electron chi connectivity index (χ0n) is 15.4. The summed E-state index contributed by atoms with van der Waals surface area (Å²) in [6, 6.07) is 6.17. The number of hydrogen-bond acceptors (Lipinski definition) is 4. The minimum absolute atomic E-state index is 0.419. The van der Waals surface area contributed by atoms with E-state index in [0.717, 1.165) is 56.9 Å². The smallest absolute Gasteiger partial charge is 0.0562 e. The van der Waals surface area contributed by atoms with Crippen molar-refractivity contribution in [1.82, 2.24) is 19.7 Å². The Kier molecular flexibility index (Phi) is 4.51. The van der Waals surface area contributed by atoms with Crippen molar-refractivity contribution < 1.29 is 4.74 Å². The fourth-order valence-electron chi connectivity index (χ4n) is 4.06. The molecule has 5 rings (SSSR count). The predicted octanol–water partition coefficient (Wildman–Crippen LogP) is 3.21. The summed E-state index contributed by atoms with van der Waals surface area (Å²) >= 11 is 0. The van der Waals surface area contributed by atoms with Crippen LogP contribution in [0.4, 0.5) is 0 Å². The first kappa shape index (κ1) is 16.5. The van der Waals surface area contributed by atoms with E-state index < -0.39 is 0 Å². The van der Waals surface area contributed by atoms with Crippen LogP contribution in [0.1, 0.15) is 48.6 Å². The number of nitrogens with zero attached hydrogens (tertiary/aromatic N) is 4. The molecule has 3 aliphatic rings. The van der Waals surface area contributed by atoms with Gasteiger partial charge in [0.1, 0.15) is 0 Å². The van der Waals surface area contributed by atoms with E-state index in [9.17, 15) is 0 Å². The van der Waals surface area contributed by atoms with Crippen LogP contribution in [0, 0.1) is 11.8 Å². The van der Waals surface area contributed by atoms with Crippen LogP contribution < -0.4 is 0 Å².